The van der Waals surface area contributed by atoms with Crippen molar-refractivity contribution in [2.24, 2.45) is 0 Å². The molecule has 0 aromatic carbocycles. The molecule has 0 spiro atoms. The first-order chi connectivity index (χ1) is 5.20. The highest BCUT2D eigenvalue weighted by atomic mass is 35.5. The Bertz CT molecular complexity index is 114. The molecule has 0 unspecified atom stereocenters. The lowest BCUT2D eigenvalue weighted by molar-refractivity contribution is -0.199. The van der Waals surface area contributed by atoms with Gasteiger partial charge in [-0.25, -0.2) is 0 Å². The summed E-state index contributed by atoms with van der Waals surface area (Å²) in [6.45, 7) is 0. The van der Waals surface area contributed by atoms with E-state index in [0.29, 0.717) is 0 Å². The van der Waals surface area contributed by atoms with E-state index in [0.717, 1.165) is 0 Å². The van der Waals surface area contributed by atoms with E-state index in [-0.39, 0.29) is 0 Å². The van der Waals surface area contributed by atoms with E-state index in [1.54, 1.807) is 0 Å². The summed E-state index contributed by atoms with van der Waals surface area (Å²) in [6.07, 6.45) is -2.09. The molecular formula is C6H11ClO4. The van der Waals surface area contributed by atoms with Crippen molar-refractivity contribution in [2.45, 2.75) is 24.1 Å². The SMILES string of the molecule is CO[C@@H]1O[C@H](OC)[C@@H](Cl)[C@H]1O. The highest BCUT2D eigenvalue weighted by molar-refractivity contribution is 6.21. The molecule has 1 aliphatic rings. The second kappa shape index (κ2) is 3.69. The van der Waals surface area contributed by atoms with Crippen molar-refractivity contribution in [1.82, 2.24) is 0 Å². The fourth-order valence-electron chi connectivity index (χ4n) is 0.979. The van der Waals surface area contributed by atoms with Gasteiger partial charge in [0.25, 0.3) is 0 Å². The van der Waals surface area contributed by atoms with Gasteiger partial charge >= 0.3 is 0 Å². The van der Waals surface area contributed by atoms with Gasteiger partial charge in [0.1, 0.15) is 11.5 Å². The number of rotatable bonds is 2. The van der Waals surface area contributed by atoms with Gasteiger partial charge in [0.2, 0.25) is 0 Å². The van der Waals surface area contributed by atoms with Crippen molar-refractivity contribution in [1.29, 1.82) is 0 Å². The molecule has 4 nitrogen and oxygen atoms in total. The van der Waals surface area contributed by atoms with Crippen LogP contribution < -0.4 is 0 Å². The summed E-state index contributed by atoms with van der Waals surface area (Å²) in [6, 6.07) is 0. The highest BCUT2D eigenvalue weighted by Crippen LogP contribution is 2.26. The minimum atomic E-state index is -0.827. The van der Waals surface area contributed by atoms with E-state index in [1.807, 2.05) is 0 Å². The van der Waals surface area contributed by atoms with Crippen LogP contribution >= 0.6 is 11.6 Å². The first-order valence-electron chi connectivity index (χ1n) is 3.24. The average Bonchev–Trinajstić information content (AvgIpc) is 2.30. The molecule has 1 aliphatic heterocycles. The zero-order chi connectivity index (χ0) is 8.43. The molecule has 1 saturated heterocycles. The zero-order valence-electron chi connectivity index (χ0n) is 6.36. The minimum Gasteiger partial charge on any atom is -0.386 e. The third-order valence-electron chi connectivity index (χ3n) is 1.60. The Labute approximate surface area is 70.0 Å². The van der Waals surface area contributed by atoms with E-state index in [1.165, 1.54) is 14.2 Å². The molecule has 0 saturated carbocycles. The van der Waals surface area contributed by atoms with Gasteiger partial charge in [0.05, 0.1) is 0 Å². The van der Waals surface area contributed by atoms with Crippen LogP contribution in [0.25, 0.3) is 0 Å². The van der Waals surface area contributed by atoms with Gasteiger partial charge in [-0.15, -0.1) is 11.6 Å². The largest absolute Gasteiger partial charge is 0.386 e. The third kappa shape index (κ3) is 1.65. The maximum atomic E-state index is 9.30. The number of aliphatic hydroxyl groups excluding tert-OH is 1. The number of ether oxygens (including phenoxy) is 3. The van der Waals surface area contributed by atoms with Crippen LogP contribution in [-0.4, -0.2) is 43.4 Å². The van der Waals surface area contributed by atoms with E-state index in [4.69, 9.17) is 25.8 Å². The first-order valence-corrected chi connectivity index (χ1v) is 3.67. The summed E-state index contributed by atoms with van der Waals surface area (Å²) in [7, 11) is 2.90. The second-order valence-corrected chi connectivity index (χ2v) is 2.78. The van der Waals surface area contributed by atoms with E-state index in [2.05, 4.69) is 0 Å². The Morgan fingerprint density at radius 2 is 1.82 bits per heavy atom. The molecule has 0 aliphatic carbocycles. The van der Waals surface area contributed by atoms with Crippen LogP contribution in [0.5, 0.6) is 0 Å². The van der Waals surface area contributed by atoms with Crippen LogP contribution in [0, 0.1) is 0 Å². The number of halogens is 1. The Morgan fingerprint density at radius 1 is 1.27 bits per heavy atom. The van der Waals surface area contributed by atoms with Crippen molar-refractivity contribution in [3.05, 3.63) is 0 Å². The molecule has 0 aromatic heterocycles. The van der Waals surface area contributed by atoms with Crippen LogP contribution in [0.3, 0.4) is 0 Å². The summed E-state index contributed by atoms with van der Waals surface area (Å²) in [5.74, 6) is 0. The standard InChI is InChI=1S/C6H11ClO4/c1-9-5-3(7)4(8)6(10-2)11-5/h3-6,8H,1-2H3/t3-,4+,5-,6+/m0/s1. The van der Waals surface area contributed by atoms with Gasteiger partial charge in [-0.3, -0.25) is 0 Å². The van der Waals surface area contributed by atoms with Gasteiger partial charge in [-0.2, -0.15) is 0 Å². The Balaban J connectivity index is 2.53. The smallest absolute Gasteiger partial charge is 0.187 e. The summed E-state index contributed by atoms with van der Waals surface area (Å²) in [4.78, 5) is 0. The molecule has 0 aromatic rings. The zero-order valence-corrected chi connectivity index (χ0v) is 7.12. The molecule has 11 heavy (non-hydrogen) atoms. The van der Waals surface area contributed by atoms with E-state index < -0.39 is 24.1 Å². The summed E-state index contributed by atoms with van der Waals surface area (Å²) in [5.41, 5.74) is 0. The van der Waals surface area contributed by atoms with Gasteiger partial charge in [-0.05, 0) is 0 Å². The Morgan fingerprint density at radius 3 is 2.09 bits per heavy atom. The average molecular weight is 183 g/mol. The Hall–Kier alpha value is 0.130. The van der Waals surface area contributed by atoms with E-state index >= 15 is 0 Å². The third-order valence-corrected chi connectivity index (χ3v) is 2.06. The highest BCUT2D eigenvalue weighted by Gasteiger charge is 2.43. The number of methoxy groups -OCH3 is 2. The summed E-state index contributed by atoms with van der Waals surface area (Å²) >= 11 is 5.72. The Kier molecular flexibility index (Phi) is 3.09. The normalized spacial score (nSPS) is 44.7. The van der Waals surface area contributed by atoms with Crippen molar-refractivity contribution in [3.8, 4) is 0 Å². The molecule has 0 radical (unpaired) electrons. The van der Waals surface area contributed by atoms with Crippen molar-refractivity contribution in [3.63, 3.8) is 0 Å². The molecular weight excluding hydrogens is 172 g/mol. The lowest BCUT2D eigenvalue weighted by atomic mass is 10.3. The predicted octanol–water partition coefficient (Wildman–Crippen LogP) is -0.0701. The van der Waals surface area contributed by atoms with Crippen LogP contribution in [-0.2, 0) is 14.2 Å². The maximum Gasteiger partial charge on any atom is 0.187 e. The second-order valence-electron chi connectivity index (χ2n) is 2.28. The number of alkyl halides is 1. The van der Waals surface area contributed by atoms with Crippen LogP contribution in [0.4, 0.5) is 0 Å². The van der Waals surface area contributed by atoms with Crippen molar-refractivity contribution >= 4 is 11.6 Å². The molecule has 0 bridgehead atoms. The molecule has 1 heterocycles. The lowest BCUT2D eigenvalue weighted by Crippen LogP contribution is -2.29. The number of aliphatic hydroxyl groups is 1. The van der Waals surface area contributed by atoms with Crippen LogP contribution in [0.1, 0.15) is 0 Å². The van der Waals surface area contributed by atoms with Gasteiger partial charge in [0, 0.05) is 14.2 Å². The monoisotopic (exact) mass is 182 g/mol. The molecule has 4 atom stereocenters. The number of hydrogen-bond donors (Lipinski definition) is 1. The first kappa shape index (κ1) is 9.22. The molecule has 1 fully saturated rings. The van der Waals surface area contributed by atoms with Gasteiger partial charge in [0.15, 0.2) is 12.6 Å². The molecule has 5 heteroatoms. The van der Waals surface area contributed by atoms with Crippen molar-refractivity contribution in [2.75, 3.05) is 14.2 Å². The lowest BCUT2D eigenvalue weighted by Gasteiger charge is -2.10. The molecule has 1 rings (SSSR count). The van der Waals surface area contributed by atoms with E-state index in [9.17, 15) is 5.11 Å². The predicted molar refractivity (Wildman–Crippen MR) is 38.3 cm³/mol. The van der Waals surface area contributed by atoms with Gasteiger partial charge in [-0.1, -0.05) is 0 Å². The topological polar surface area (TPSA) is 47.9 Å². The summed E-state index contributed by atoms with van der Waals surface area (Å²) < 4.78 is 14.7. The quantitative estimate of drug-likeness (QED) is 0.608. The van der Waals surface area contributed by atoms with Crippen LogP contribution in [0.2, 0.25) is 0 Å². The fourth-order valence-corrected chi connectivity index (χ4v) is 1.26. The molecule has 0 amide bonds. The molecule has 66 valence electrons. The molecule has 1 N–H and O–H groups in total. The maximum absolute atomic E-state index is 9.30. The summed E-state index contributed by atoms with van der Waals surface area (Å²) in [5, 5.41) is 8.73. The van der Waals surface area contributed by atoms with Crippen molar-refractivity contribution < 1.29 is 19.3 Å². The fraction of sp³-hybridized carbons (Fsp3) is 1.00. The van der Waals surface area contributed by atoms with Crippen LogP contribution in [0.15, 0.2) is 0 Å². The van der Waals surface area contributed by atoms with Gasteiger partial charge < -0.3 is 19.3 Å². The number of hydrogen-bond acceptors (Lipinski definition) is 4. The minimum absolute atomic E-state index is 0.565.